The Labute approximate surface area is 128 Å². The summed E-state index contributed by atoms with van der Waals surface area (Å²) in [6.45, 7) is 0.0646. The molecule has 1 aromatic heterocycles. The van der Waals surface area contributed by atoms with Gasteiger partial charge in [-0.3, -0.25) is 0 Å². The van der Waals surface area contributed by atoms with E-state index in [0.717, 1.165) is 0 Å². The largest absolute Gasteiger partial charge is 0.497 e. The first-order valence-electron chi connectivity index (χ1n) is 6.55. The Kier molecular flexibility index (Phi) is 4.77. The highest BCUT2D eigenvalue weighted by Crippen LogP contribution is 2.20. The zero-order chi connectivity index (χ0) is 16.1. The summed E-state index contributed by atoms with van der Waals surface area (Å²) in [7, 11) is 5.13. The van der Waals surface area contributed by atoms with E-state index < -0.39 is 5.97 Å². The van der Waals surface area contributed by atoms with E-state index in [1.165, 1.54) is 6.07 Å². The van der Waals surface area contributed by atoms with Gasteiger partial charge < -0.3 is 19.5 Å². The molecule has 116 valence electrons. The maximum atomic E-state index is 11.1. The second-order valence-corrected chi connectivity index (χ2v) is 4.69. The van der Waals surface area contributed by atoms with E-state index in [1.54, 1.807) is 50.4 Å². The molecule has 7 nitrogen and oxygen atoms in total. The Morgan fingerprint density at radius 1 is 1.23 bits per heavy atom. The van der Waals surface area contributed by atoms with E-state index in [2.05, 4.69) is 9.97 Å². The third kappa shape index (κ3) is 3.85. The van der Waals surface area contributed by atoms with Crippen LogP contribution in [0.15, 0.2) is 30.3 Å². The van der Waals surface area contributed by atoms with Crippen LogP contribution in [0, 0.1) is 0 Å². The molecule has 0 bridgehead atoms. The Morgan fingerprint density at radius 2 is 1.95 bits per heavy atom. The third-order valence-electron chi connectivity index (χ3n) is 2.85. The van der Waals surface area contributed by atoms with Gasteiger partial charge in [0.1, 0.15) is 23.9 Å². The number of hydrogen-bond acceptors (Lipinski definition) is 6. The molecular weight excluding hydrogens is 286 g/mol. The summed E-state index contributed by atoms with van der Waals surface area (Å²) in [5.74, 6) is 0.970. The molecule has 0 unspecified atom stereocenters. The summed E-state index contributed by atoms with van der Waals surface area (Å²) in [6, 6.07) is 8.52. The van der Waals surface area contributed by atoms with Crippen molar-refractivity contribution in [1.82, 2.24) is 9.97 Å². The molecule has 2 rings (SSSR count). The molecule has 1 aromatic carbocycles. The van der Waals surface area contributed by atoms with Gasteiger partial charge in [0.2, 0.25) is 0 Å². The number of carboxylic acid groups (broad SMARTS) is 1. The third-order valence-corrected chi connectivity index (χ3v) is 2.85. The molecule has 0 aliphatic rings. The van der Waals surface area contributed by atoms with Crippen molar-refractivity contribution in [2.24, 2.45) is 0 Å². The minimum absolute atomic E-state index is 0.0646. The average Bonchev–Trinajstić information content (AvgIpc) is 2.52. The predicted octanol–water partition coefficient (Wildman–Crippen LogP) is 1.83. The number of methoxy groups -OCH3 is 1. The van der Waals surface area contributed by atoms with Gasteiger partial charge in [0, 0.05) is 26.2 Å². The van der Waals surface area contributed by atoms with Crippen molar-refractivity contribution in [3.63, 3.8) is 0 Å². The van der Waals surface area contributed by atoms with Crippen LogP contribution in [-0.2, 0) is 6.61 Å². The quantitative estimate of drug-likeness (QED) is 0.871. The first-order chi connectivity index (χ1) is 10.5. The van der Waals surface area contributed by atoms with Crippen LogP contribution in [-0.4, -0.2) is 42.2 Å². The fourth-order valence-corrected chi connectivity index (χ4v) is 1.73. The molecule has 0 fully saturated rings. The van der Waals surface area contributed by atoms with Gasteiger partial charge in [-0.1, -0.05) is 6.07 Å². The molecule has 2 aromatic rings. The summed E-state index contributed by atoms with van der Waals surface area (Å²) < 4.78 is 10.7. The highest BCUT2D eigenvalue weighted by atomic mass is 16.5. The SMILES string of the molecule is COc1cccc(OCc2nc(C(=O)O)cc(N(C)C)n2)c1. The zero-order valence-corrected chi connectivity index (χ0v) is 12.6. The van der Waals surface area contributed by atoms with Gasteiger partial charge in [-0.25, -0.2) is 14.8 Å². The normalized spacial score (nSPS) is 10.1. The van der Waals surface area contributed by atoms with Crippen LogP contribution in [0.3, 0.4) is 0 Å². The number of ether oxygens (including phenoxy) is 2. The van der Waals surface area contributed by atoms with Gasteiger partial charge in [0.05, 0.1) is 7.11 Å². The van der Waals surface area contributed by atoms with Crippen molar-refractivity contribution in [3.05, 3.63) is 41.9 Å². The summed E-state index contributed by atoms with van der Waals surface area (Å²) in [6.07, 6.45) is 0. The van der Waals surface area contributed by atoms with Crippen molar-refractivity contribution < 1.29 is 19.4 Å². The Balaban J connectivity index is 2.19. The lowest BCUT2D eigenvalue weighted by atomic mass is 10.3. The van der Waals surface area contributed by atoms with E-state index >= 15 is 0 Å². The van der Waals surface area contributed by atoms with Gasteiger partial charge in [-0.05, 0) is 12.1 Å². The van der Waals surface area contributed by atoms with Gasteiger partial charge in [-0.2, -0.15) is 0 Å². The molecule has 0 atom stereocenters. The Bertz CT molecular complexity index is 674. The highest BCUT2D eigenvalue weighted by molar-refractivity contribution is 5.86. The minimum Gasteiger partial charge on any atom is -0.497 e. The Morgan fingerprint density at radius 3 is 2.59 bits per heavy atom. The summed E-state index contributed by atoms with van der Waals surface area (Å²) in [5, 5.41) is 9.10. The average molecular weight is 303 g/mol. The number of carbonyl (C=O) groups is 1. The van der Waals surface area contributed by atoms with Crippen LogP contribution in [0.2, 0.25) is 0 Å². The summed E-state index contributed by atoms with van der Waals surface area (Å²) in [5.41, 5.74) is -0.0667. The molecule has 0 spiro atoms. The van der Waals surface area contributed by atoms with Crippen molar-refractivity contribution in [1.29, 1.82) is 0 Å². The van der Waals surface area contributed by atoms with Crippen LogP contribution in [0.5, 0.6) is 11.5 Å². The van der Waals surface area contributed by atoms with Gasteiger partial charge >= 0.3 is 5.97 Å². The minimum atomic E-state index is -1.10. The molecular formula is C15H17N3O4. The van der Waals surface area contributed by atoms with E-state index in [4.69, 9.17) is 14.6 Å². The molecule has 7 heteroatoms. The van der Waals surface area contributed by atoms with E-state index in [-0.39, 0.29) is 12.3 Å². The van der Waals surface area contributed by atoms with Gasteiger partial charge in [0.25, 0.3) is 0 Å². The van der Waals surface area contributed by atoms with E-state index in [9.17, 15) is 4.79 Å². The number of hydrogen-bond donors (Lipinski definition) is 1. The number of nitrogens with zero attached hydrogens (tertiary/aromatic N) is 3. The van der Waals surface area contributed by atoms with Crippen molar-refractivity contribution >= 4 is 11.8 Å². The molecule has 1 N–H and O–H groups in total. The predicted molar refractivity (Wildman–Crippen MR) is 80.6 cm³/mol. The molecule has 0 aliphatic heterocycles. The van der Waals surface area contributed by atoms with Crippen LogP contribution in [0.4, 0.5) is 5.82 Å². The van der Waals surface area contributed by atoms with Crippen molar-refractivity contribution in [2.75, 3.05) is 26.1 Å². The smallest absolute Gasteiger partial charge is 0.354 e. The lowest BCUT2D eigenvalue weighted by Gasteiger charge is -2.13. The topological polar surface area (TPSA) is 84.8 Å². The molecule has 1 heterocycles. The summed E-state index contributed by atoms with van der Waals surface area (Å²) in [4.78, 5) is 21.1. The van der Waals surface area contributed by atoms with E-state index in [1.807, 2.05) is 0 Å². The van der Waals surface area contributed by atoms with Crippen LogP contribution in [0.25, 0.3) is 0 Å². The standard InChI is InChI=1S/C15H17N3O4/c1-18(2)14-8-12(15(19)20)16-13(17-14)9-22-11-6-4-5-10(7-11)21-3/h4-8H,9H2,1-3H3,(H,19,20). The molecule has 0 radical (unpaired) electrons. The lowest BCUT2D eigenvalue weighted by molar-refractivity contribution is 0.0689. The first-order valence-corrected chi connectivity index (χ1v) is 6.55. The fraction of sp³-hybridized carbons (Fsp3) is 0.267. The number of benzene rings is 1. The lowest BCUT2D eigenvalue weighted by Crippen LogP contribution is -2.16. The molecule has 22 heavy (non-hydrogen) atoms. The van der Waals surface area contributed by atoms with Crippen LogP contribution in [0.1, 0.15) is 16.3 Å². The number of aromatic nitrogens is 2. The van der Waals surface area contributed by atoms with E-state index in [0.29, 0.717) is 23.1 Å². The maximum Gasteiger partial charge on any atom is 0.354 e. The number of aromatic carboxylic acids is 1. The first kappa shape index (κ1) is 15.6. The van der Waals surface area contributed by atoms with Gasteiger partial charge in [-0.15, -0.1) is 0 Å². The molecule has 0 saturated carbocycles. The second-order valence-electron chi connectivity index (χ2n) is 4.69. The molecule has 0 amide bonds. The fourth-order valence-electron chi connectivity index (χ4n) is 1.73. The molecule has 0 saturated heterocycles. The zero-order valence-electron chi connectivity index (χ0n) is 12.6. The molecule has 0 aliphatic carbocycles. The number of anilines is 1. The monoisotopic (exact) mass is 303 g/mol. The van der Waals surface area contributed by atoms with Crippen molar-refractivity contribution in [2.45, 2.75) is 6.61 Å². The number of carboxylic acids is 1. The maximum absolute atomic E-state index is 11.1. The Hall–Kier alpha value is -2.83. The van der Waals surface area contributed by atoms with Crippen LogP contribution < -0.4 is 14.4 Å². The second kappa shape index (κ2) is 6.75. The van der Waals surface area contributed by atoms with Crippen molar-refractivity contribution in [3.8, 4) is 11.5 Å². The van der Waals surface area contributed by atoms with Crippen LogP contribution >= 0.6 is 0 Å². The summed E-state index contributed by atoms with van der Waals surface area (Å²) >= 11 is 0. The van der Waals surface area contributed by atoms with Gasteiger partial charge in [0.15, 0.2) is 11.5 Å². The highest BCUT2D eigenvalue weighted by Gasteiger charge is 2.12. The number of rotatable bonds is 6.